The second-order valence-corrected chi connectivity index (χ2v) is 13.3. The predicted molar refractivity (Wildman–Crippen MR) is 213 cm³/mol. The lowest BCUT2D eigenvalue weighted by molar-refractivity contribution is 0.666. The van der Waals surface area contributed by atoms with Gasteiger partial charge in [0.2, 0.25) is 0 Å². The quantitative estimate of drug-likeness (QED) is 0.186. The molecule has 0 saturated carbocycles. The second kappa shape index (κ2) is 10.8. The molecular weight excluding hydrogens is 621 g/mol. The molecule has 0 radical (unpaired) electrons. The monoisotopic (exact) mass is 650 g/mol. The Labute approximate surface area is 293 Å². The molecule has 3 heteroatoms. The number of hydrogen-bond acceptors (Lipinski definition) is 1. The molecule has 0 aliphatic rings. The third-order valence-corrected chi connectivity index (χ3v) is 10.5. The molecule has 0 spiro atoms. The summed E-state index contributed by atoms with van der Waals surface area (Å²) in [6, 6.07) is 65.4. The van der Waals surface area contributed by atoms with E-state index in [9.17, 15) is 0 Å². The van der Waals surface area contributed by atoms with E-state index in [1.165, 1.54) is 60.3 Å². The molecule has 11 rings (SSSR count). The van der Waals surface area contributed by atoms with Crippen LogP contribution in [0.5, 0.6) is 0 Å². The van der Waals surface area contributed by atoms with E-state index in [-0.39, 0.29) is 0 Å². The zero-order valence-electron chi connectivity index (χ0n) is 27.6. The standard InChI is InChI=1S/C48H30N2O/c1-2-12-31(13-3-1)33-14-10-15-34(30-33)32-24-26-35(27-25-32)49-42-21-8-5-18-40(42)46-43(49)29-28-38-36-16-4-7-20-41(36)50(47(38)46)44-22-11-19-39-37-17-6-9-23-45(37)51-48(39)44/h1-30H. The summed E-state index contributed by atoms with van der Waals surface area (Å²) in [6.45, 7) is 0. The van der Waals surface area contributed by atoms with Gasteiger partial charge in [-0.15, -0.1) is 0 Å². The third-order valence-electron chi connectivity index (χ3n) is 10.5. The SMILES string of the molecule is c1ccc(-c2cccc(-c3ccc(-n4c5ccccc5c5c4ccc4c6ccccc6n(-c6cccc7c6oc6ccccc67)c45)cc3)c2)cc1. The summed E-state index contributed by atoms with van der Waals surface area (Å²) >= 11 is 0. The second-order valence-electron chi connectivity index (χ2n) is 13.3. The fraction of sp³-hybridized carbons (Fsp3) is 0. The Morgan fingerprint density at radius 2 is 0.961 bits per heavy atom. The molecule has 0 atom stereocenters. The van der Waals surface area contributed by atoms with Crippen molar-refractivity contribution in [3.63, 3.8) is 0 Å². The van der Waals surface area contributed by atoms with Gasteiger partial charge in [-0.3, -0.25) is 0 Å². The van der Waals surface area contributed by atoms with Crippen molar-refractivity contribution in [1.29, 1.82) is 0 Å². The summed E-state index contributed by atoms with van der Waals surface area (Å²) in [6.07, 6.45) is 0. The van der Waals surface area contributed by atoms with Gasteiger partial charge in [-0.25, -0.2) is 0 Å². The van der Waals surface area contributed by atoms with Crippen LogP contribution < -0.4 is 0 Å². The van der Waals surface area contributed by atoms with E-state index in [1.54, 1.807) is 0 Å². The van der Waals surface area contributed by atoms with Crippen LogP contribution in [0.15, 0.2) is 186 Å². The lowest BCUT2D eigenvalue weighted by atomic mass is 9.99. The van der Waals surface area contributed by atoms with Gasteiger partial charge < -0.3 is 13.6 Å². The topological polar surface area (TPSA) is 23.0 Å². The molecule has 8 aromatic carbocycles. The largest absolute Gasteiger partial charge is 0.454 e. The van der Waals surface area contributed by atoms with Crippen molar-refractivity contribution >= 4 is 65.6 Å². The predicted octanol–water partition coefficient (Wildman–Crippen LogP) is 13.1. The van der Waals surface area contributed by atoms with Gasteiger partial charge in [0.05, 0.1) is 27.8 Å². The van der Waals surface area contributed by atoms with Gasteiger partial charge in [0, 0.05) is 38.0 Å². The van der Waals surface area contributed by atoms with Crippen LogP contribution in [-0.4, -0.2) is 9.13 Å². The highest BCUT2D eigenvalue weighted by Gasteiger charge is 2.22. The summed E-state index contributed by atoms with van der Waals surface area (Å²) in [4.78, 5) is 0. The Kier molecular flexibility index (Phi) is 5.96. The van der Waals surface area contributed by atoms with Crippen molar-refractivity contribution in [2.24, 2.45) is 0 Å². The molecule has 0 N–H and O–H groups in total. The smallest absolute Gasteiger partial charge is 0.159 e. The highest BCUT2D eigenvalue weighted by molar-refractivity contribution is 6.26. The molecule has 3 nitrogen and oxygen atoms in total. The lowest BCUT2D eigenvalue weighted by Crippen LogP contribution is -1.96. The molecule has 0 aliphatic heterocycles. The van der Waals surface area contributed by atoms with Gasteiger partial charge in [0.15, 0.2) is 5.58 Å². The maximum Gasteiger partial charge on any atom is 0.159 e. The van der Waals surface area contributed by atoms with Gasteiger partial charge in [0.25, 0.3) is 0 Å². The molecule has 0 aliphatic carbocycles. The number of hydrogen-bond donors (Lipinski definition) is 0. The van der Waals surface area contributed by atoms with Crippen molar-refractivity contribution < 1.29 is 4.42 Å². The fourth-order valence-corrected chi connectivity index (χ4v) is 8.26. The zero-order chi connectivity index (χ0) is 33.5. The molecule has 3 aromatic heterocycles. The summed E-state index contributed by atoms with van der Waals surface area (Å²) < 4.78 is 11.5. The maximum absolute atomic E-state index is 6.63. The summed E-state index contributed by atoms with van der Waals surface area (Å²) in [5, 5.41) is 7.15. The van der Waals surface area contributed by atoms with Crippen LogP contribution in [0, 0.1) is 0 Å². The molecule has 51 heavy (non-hydrogen) atoms. The highest BCUT2D eigenvalue weighted by atomic mass is 16.3. The van der Waals surface area contributed by atoms with Gasteiger partial charge in [-0.2, -0.15) is 0 Å². The minimum atomic E-state index is 0.897. The minimum Gasteiger partial charge on any atom is -0.454 e. The number of aromatic nitrogens is 2. The lowest BCUT2D eigenvalue weighted by Gasteiger charge is -2.11. The van der Waals surface area contributed by atoms with Crippen LogP contribution in [0.1, 0.15) is 0 Å². The number of para-hydroxylation sites is 4. The summed E-state index contributed by atoms with van der Waals surface area (Å²) in [5.74, 6) is 0. The van der Waals surface area contributed by atoms with Crippen molar-refractivity contribution in [1.82, 2.24) is 9.13 Å². The molecule has 238 valence electrons. The average molecular weight is 651 g/mol. The van der Waals surface area contributed by atoms with Crippen LogP contribution in [0.3, 0.4) is 0 Å². The van der Waals surface area contributed by atoms with E-state index in [2.05, 4.69) is 185 Å². The van der Waals surface area contributed by atoms with Gasteiger partial charge >= 0.3 is 0 Å². The van der Waals surface area contributed by atoms with Crippen molar-refractivity contribution in [2.75, 3.05) is 0 Å². The summed E-state index contributed by atoms with van der Waals surface area (Å²) in [7, 11) is 0. The first-order valence-corrected chi connectivity index (χ1v) is 17.4. The van der Waals surface area contributed by atoms with Crippen molar-refractivity contribution in [3.8, 4) is 33.6 Å². The third kappa shape index (κ3) is 4.12. The van der Waals surface area contributed by atoms with Crippen LogP contribution in [-0.2, 0) is 0 Å². The number of nitrogens with zero attached hydrogens (tertiary/aromatic N) is 2. The molecule has 0 saturated heterocycles. The molecule has 0 bridgehead atoms. The van der Waals surface area contributed by atoms with E-state index < -0.39 is 0 Å². The fourth-order valence-electron chi connectivity index (χ4n) is 8.26. The van der Waals surface area contributed by atoms with Crippen LogP contribution >= 0.6 is 0 Å². The van der Waals surface area contributed by atoms with Gasteiger partial charge in [-0.1, -0.05) is 133 Å². The Hall–Kier alpha value is -6.84. The van der Waals surface area contributed by atoms with E-state index in [1.807, 2.05) is 6.07 Å². The number of benzene rings is 8. The number of furan rings is 1. The Morgan fingerprint density at radius 3 is 1.76 bits per heavy atom. The van der Waals surface area contributed by atoms with E-state index >= 15 is 0 Å². The molecule has 0 amide bonds. The highest BCUT2D eigenvalue weighted by Crippen LogP contribution is 2.44. The van der Waals surface area contributed by atoms with E-state index in [0.717, 1.165) is 38.8 Å². The Bertz CT molecular complexity index is 3120. The molecular formula is C48H30N2O. The van der Waals surface area contributed by atoms with Gasteiger partial charge in [-0.05, 0) is 70.8 Å². The van der Waals surface area contributed by atoms with E-state index in [0.29, 0.717) is 0 Å². The molecule has 0 unspecified atom stereocenters. The van der Waals surface area contributed by atoms with Gasteiger partial charge in [0.1, 0.15) is 5.58 Å². The number of rotatable bonds is 4. The Balaban J connectivity index is 1.16. The first-order chi connectivity index (χ1) is 25.3. The van der Waals surface area contributed by atoms with Crippen molar-refractivity contribution in [3.05, 3.63) is 182 Å². The first kappa shape index (κ1) is 28.0. The van der Waals surface area contributed by atoms with Crippen LogP contribution in [0.4, 0.5) is 0 Å². The molecule has 3 heterocycles. The zero-order valence-corrected chi connectivity index (χ0v) is 27.6. The Morgan fingerprint density at radius 1 is 0.353 bits per heavy atom. The minimum absolute atomic E-state index is 0.897. The van der Waals surface area contributed by atoms with E-state index in [4.69, 9.17) is 4.42 Å². The maximum atomic E-state index is 6.63. The van der Waals surface area contributed by atoms with Crippen molar-refractivity contribution in [2.45, 2.75) is 0 Å². The normalized spacial score (nSPS) is 11.9. The molecule has 0 fully saturated rings. The molecule has 11 aromatic rings. The first-order valence-electron chi connectivity index (χ1n) is 17.4. The van der Waals surface area contributed by atoms with Crippen LogP contribution in [0.25, 0.3) is 99.2 Å². The average Bonchev–Trinajstić information content (AvgIpc) is 3.86. The van der Waals surface area contributed by atoms with Crippen LogP contribution in [0.2, 0.25) is 0 Å². The summed E-state index contributed by atoms with van der Waals surface area (Å²) in [5.41, 5.74) is 13.5. The number of fused-ring (bicyclic) bond motifs is 10.